The highest BCUT2D eigenvalue weighted by atomic mass is 32.1. The van der Waals surface area contributed by atoms with Gasteiger partial charge in [0.2, 0.25) is 0 Å². The van der Waals surface area contributed by atoms with Gasteiger partial charge >= 0.3 is 0 Å². The molecule has 0 amide bonds. The van der Waals surface area contributed by atoms with E-state index in [-0.39, 0.29) is 0 Å². The number of hydrogen-bond donors (Lipinski definition) is 0. The Labute approximate surface area is 141 Å². The van der Waals surface area contributed by atoms with Crippen molar-refractivity contribution in [3.63, 3.8) is 0 Å². The fourth-order valence-electron chi connectivity index (χ4n) is 2.81. The van der Waals surface area contributed by atoms with E-state index < -0.39 is 0 Å². The zero-order valence-electron chi connectivity index (χ0n) is 14.1. The van der Waals surface area contributed by atoms with E-state index in [4.69, 9.17) is 0 Å². The Morgan fingerprint density at radius 3 is 2.74 bits per heavy atom. The van der Waals surface area contributed by atoms with Crippen LogP contribution in [0.1, 0.15) is 47.9 Å². The molecule has 2 aromatic heterocycles. The molecule has 0 fully saturated rings. The summed E-state index contributed by atoms with van der Waals surface area (Å²) in [6.45, 7) is 8.33. The zero-order chi connectivity index (χ0) is 16.4. The number of fused-ring (bicyclic) bond motifs is 1. The topological polar surface area (TPSA) is 38.7 Å². The molecule has 1 aromatic carbocycles. The van der Waals surface area contributed by atoms with E-state index in [1.54, 1.807) is 11.3 Å². The molecular formula is C19H21N3S. The second-order valence-electron chi connectivity index (χ2n) is 5.65. The molecule has 0 spiro atoms. The third kappa shape index (κ3) is 3.17. The summed E-state index contributed by atoms with van der Waals surface area (Å²) in [7, 11) is 0. The van der Waals surface area contributed by atoms with Crippen LogP contribution in [0.4, 0.5) is 0 Å². The predicted octanol–water partition coefficient (Wildman–Crippen LogP) is 5.11. The minimum Gasteiger partial charge on any atom is -0.242 e. The van der Waals surface area contributed by atoms with Gasteiger partial charge in [0.05, 0.1) is 15.2 Å². The Kier molecular flexibility index (Phi) is 4.53. The molecule has 0 aliphatic heterocycles. The molecule has 23 heavy (non-hydrogen) atoms. The molecule has 0 bridgehead atoms. The average Bonchev–Trinajstić information content (AvgIpc) is 2.90. The minimum atomic E-state index is 0.928. The van der Waals surface area contributed by atoms with Gasteiger partial charge in [-0.15, -0.1) is 11.3 Å². The molecule has 0 saturated heterocycles. The Morgan fingerprint density at radius 2 is 2.04 bits per heavy atom. The molecule has 0 unspecified atom stereocenters. The van der Waals surface area contributed by atoms with Crippen molar-refractivity contribution in [1.82, 2.24) is 15.0 Å². The lowest BCUT2D eigenvalue weighted by atomic mass is 9.97. The Balaban J connectivity index is 2.04. The van der Waals surface area contributed by atoms with E-state index in [1.807, 2.05) is 13.1 Å². The van der Waals surface area contributed by atoms with Crippen LogP contribution in [0.2, 0.25) is 0 Å². The van der Waals surface area contributed by atoms with Gasteiger partial charge in [0.1, 0.15) is 5.82 Å². The van der Waals surface area contributed by atoms with Gasteiger partial charge in [-0.2, -0.15) is 0 Å². The summed E-state index contributed by atoms with van der Waals surface area (Å²) < 4.78 is 1.22. The van der Waals surface area contributed by atoms with E-state index in [9.17, 15) is 0 Å². The average molecular weight is 323 g/mol. The molecule has 3 aromatic rings. The Hall–Kier alpha value is -2.07. The van der Waals surface area contributed by atoms with Crippen molar-refractivity contribution in [3.05, 3.63) is 58.1 Å². The quantitative estimate of drug-likeness (QED) is 0.670. The van der Waals surface area contributed by atoms with Crippen LogP contribution in [0.15, 0.2) is 30.5 Å². The molecule has 0 N–H and O–H groups in total. The van der Waals surface area contributed by atoms with Gasteiger partial charge in [0.25, 0.3) is 0 Å². The van der Waals surface area contributed by atoms with Crippen molar-refractivity contribution in [2.45, 2.75) is 40.5 Å². The maximum Gasteiger partial charge on any atom is 0.128 e. The maximum atomic E-state index is 4.66. The molecule has 2 heterocycles. The van der Waals surface area contributed by atoms with E-state index >= 15 is 0 Å². The second-order valence-corrected chi connectivity index (χ2v) is 6.89. The number of aryl methyl sites for hydroxylation is 3. The van der Waals surface area contributed by atoms with Crippen molar-refractivity contribution in [1.29, 1.82) is 0 Å². The molecule has 3 rings (SSSR count). The van der Waals surface area contributed by atoms with Gasteiger partial charge in [-0.05, 0) is 50.5 Å². The highest BCUT2D eigenvalue weighted by Gasteiger charge is 2.11. The van der Waals surface area contributed by atoms with Crippen LogP contribution < -0.4 is 0 Å². The van der Waals surface area contributed by atoms with Gasteiger partial charge in [0, 0.05) is 23.9 Å². The number of thiazole rings is 1. The lowest BCUT2D eigenvalue weighted by Gasteiger charge is -2.11. The van der Waals surface area contributed by atoms with Crippen LogP contribution in [0.5, 0.6) is 0 Å². The minimum absolute atomic E-state index is 0.928. The van der Waals surface area contributed by atoms with E-state index in [0.717, 1.165) is 40.4 Å². The molecule has 0 radical (unpaired) electrons. The predicted molar refractivity (Wildman–Crippen MR) is 97.9 cm³/mol. The van der Waals surface area contributed by atoms with Gasteiger partial charge in [-0.1, -0.05) is 19.1 Å². The molecule has 0 aliphatic rings. The van der Waals surface area contributed by atoms with E-state index in [2.05, 4.69) is 60.0 Å². The van der Waals surface area contributed by atoms with E-state index in [1.165, 1.54) is 15.8 Å². The van der Waals surface area contributed by atoms with Gasteiger partial charge in [0.15, 0.2) is 0 Å². The molecule has 4 heteroatoms. The number of benzene rings is 1. The SMILES string of the molecule is C/C=C(/c1ccc2nc(C)sc2c1)c1cnc(CCC)nc1C. The monoisotopic (exact) mass is 323 g/mol. The number of aromatic nitrogens is 3. The van der Waals surface area contributed by atoms with Crippen molar-refractivity contribution in [2.24, 2.45) is 0 Å². The first-order chi connectivity index (χ1) is 11.1. The van der Waals surface area contributed by atoms with Gasteiger partial charge in [-0.25, -0.2) is 15.0 Å². The molecule has 0 saturated carbocycles. The largest absolute Gasteiger partial charge is 0.242 e. The van der Waals surface area contributed by atoms with Crippen LogP contribution in [0, 0.1) is 13.8 Å². The highest BCUT2D eigenvalue weighted by molar-refractivity contribution is 7.18. The Bertz CT molecular complexity index is 877. The molecular weight excluding hydrogens is 302 g/mol. The summed E-state index contributed by atoms with van der Waals surface area (Å²) in [5.74, 6) is 0.928. The summed E-state index contributed by atoms with van der Waals surface area (Å²) in [6.07, 6.45) is 6.10. The van der Waals surface area contributed by atoms with Gasteiger partial charge in [-0.3, -0.25) is 0 Å². The smallest absolute Gasteiger partial charge is 0.128 e. The first-order valence-electron chi connectivity index (χ1n) is 7.99. The molecule has 0 aliphatic carbocycles. The van der Waals surface area contributed by atoms with Crippen LogP contribution >= 0.6 is 11.3 Å². The third-order valence-electron chi connectivity index (χ3n) is 3.89. The van der Waals surface area contributed by atoms with Crippen molar-refractivity contribution < 1.29 is 0 Å². The van der Waals surface area contributed by atoms with Crippen LogP contribution in [-0.2, 0) is 6.42 Å². The first-order valence-corrected chi connectivity index (χ1v) is 8.80. The summed E-state index contributed by atoms with van der Waals surface area (Å²) in [5.41, 5.74) is 5.58. The number of rotatable bonds is 4. The zero-order valence-corrected chi connectivity index (χ0v) is 14.9. The normalized spacial score (nSPS) is 12.1. The second kappa shape index (κ2) is 6.59. The summed E-state index contributed by atoms with van der Waals surface area (Å²) >= 11 is 1.73. The number of allylic oxidation sites excluding steroid dienone is 1. The lowest BCUT2D eigenvalue weighted by molar-refractivity contribution is 0.823. The van der Waals surface area contributed by atoms with Crippen LogP contribution in [0.3, 0.4) is 0 Å². The van der Waals surface area contributed by atoms with Gasteiger partial charge < -0.3 is 0 Å². The third-order valence-corrected chi connectivity index (χ3v) is 4.82. The molecule has 118 valence electrons. The van der Waals surface area contributed by atoms with Crippen molar-refractivity contribution in [3.8, 4) is 0 Å². The lowest BCUT2D eigenvalue weighted by Crippen LogP contribution is -2.01. The summed E-state index contributed by atoms with van der Waals surface area (Å²) in [4.78, 5) is 13.7. The first kappa shape index (κ1) is 15.8. The summed E-state index contributed by atoms with van der Waals surface area (Å²) in [6, 6.07) is 6.45. The van der Waals surface area contributed by atoms with Crippen molar-refractivity contribution in [2.75, 3.05) is 0 Å². The molecule has 0 atom stereocenters. The maximum absolute atomic E-state index is 4.66. The summed E-state index contributed by atoms with van der Waals surface area (Å²) in [5, 5.41) is 1.10. The number of hydrogen-bond acceptors (Lipinski definition) is 4. The standard InChI is InChI=1S/C19H21N3S/c1-5-7-19-20-11-16(12(3)21-19)15(6-2)14-8-9-17-18(10-14)23-13(4)22-17/h6,8-11H,5,7H2,1-4H3/b15-6-. The molecule has 3 nitrogen and oxygen atoms in total. The van der Waals surface area contributed by atoms with Crippen LogP contribution in [0.25, 0.3) is 15.8 Å². The Morgan fingerprint density at radius 1 is 1.22 bits per heavy atom. The van der Waals surface area contributed by atoms with Crippen molar-refractivity contribution >= 4 is 27.1 Å². The van der Waals surface area contributed by atoms with Crippen LogP contribution in [-0.4, -0.2) is 15.0 Å². The fourth-order valence-corrected chi connectivity index (χ4v) is 3.68. The fraction of sp³-hybridized carbons (Fsp3) is 0.316. The highest BCUT2D eigenvalue weighted by Crippen LogP contribution is 2.30. The number of nitrogens with zero attached hydrogens (tertiary/aromatic N) is 3. The van der Waals surface area contributed by atoms with E-state index in [0.29, 0.717) is 0 Å².